The quantitative estimate of drug-likeness (QED) is 0.725. The monoisotopic (exact) mass is 378 g/mol. The molecule has 1 saturated heterocycles. The molecule has 0 unspecified atom stereocenters. The minimum atomic E-state index is 0.110. The maximum Gasteiger partial charge on any atom is 0.282 e. The van der Waals surface area contributed by atoms with Crippen LogP contribution in [0.25, 0.3) is 0 Å². The van der Waals surface area contributed by atoms with E-state index in [1.807, 2.05) is 30.3 Å². The Kier molecular flexibility index (Phi) is 7.18. The van der Waals surface area contributed by atoms with E-state index in [1.165, 1.54) is 16.0 Å². The van der Waals surface area contributed by atoms with Gasteiger partial charge in [0.15, 0.2) is 6.54 Å². The van der Waals surface area contributed by atoms with Gasteiger partial charge in [-0.15, -0.1) is 0 Å². The molecule has 5 nitrogen and oxygen atoms in total. The van der Waals surface area contributed by atoms with Crippen LogP contribution in [0.5, 0.6) is 0 Å². The summed E-state index contributed by atoms with van der Waals surface area (Å²) in [5.41, 5.74) is 3.58. The van der Waals surface area contributed by atoms with Gasteiger partial charge in [0.1, 0.15) is 32.7 Å². The second kappa shape index (κ2) is 10.0. The molecule has 5 heteroatoms. The van der Waals surface area contributed by atoms with E-state index in [2.05, 4.69) is 37.3 Å². The number of carbonyl (C=O) groups excluding carboxylic acids is 1. The Labute approximate surface area is 167 Å². The fourth-order valence-corrected chi connectivity index (χ4v) is 3.90. The average Bonchev–Trinajstić information content (AvgIpc) is 2.71. The molecule has 0 aromatic heterocycles. The van der Waals surface area contributed by atoms with Crippen LogP contribution in [0.2, 0.25) is 0 Å². The van der Waals surface area contributed by atoms with E-state index < -0.39 is 0 Å². The summed E-state index contributed by atoms with van der Waals surface area (Å²) in [5, 5.41) is 8.94. The Hall–Kier alpha value is -2.68. The summed E-state index contributed by atoms with van der Waals surface area (Å²) in [6, 6.07) is 20.6. The van der Waals surface area contributed by atoms with Gasteiger partial charge in [-0.1, -0.05) is 48.0 Å². The van der Waals surface area contributed by atoms with Crippen molar-refractivity contribution in [2.24, 2.45) is 0 Å². The van der Waals surface area contributed by atoms with Crippen LogP contribution in [0.4, 0.5) is 5.69 Å². The zero-order valence-electron chi connectivity index (χ0n) is 16.7. The van der Waals surface area contributed by atoms with Crippen molar-refractivity contribution in [2.45, 2.75) is 19.9 Å². The molecular weight excluding hydrogens is 348 g/mol. The number of carbonyl (C=O) groups is 1. The Bertz CT molecular complexity index is 807. The molecule has 28 heavy (non-hydrogen) atoms. The van der Waals surface area contributed by atoms with Crippen LogP contribution in [-0.4, -0.2) is 45.2 Å². The number of nitrogens with zero attached hydrogens (tertiary/aromatic N) is 2. The van der Waals surface area contributed by atoms with Gasteiger partial charge < -0.3 is 14.7 Å². The van der Waals surface area contributed by atoms with E-state index in [0.29, 0.717) is 19.5 Å². The number of piperazine rings is 1. The lowest BCUT2D eigenvalue weighted by Crippen LogP contribution is -3.28. The minimum absolute atomic E-state index is 0.110. The van der Waals surface area contributed by atoms with Crippen molar-refractivity contribution in [3.8, 4) is 6.07 Å². The molecule has 1 heterocycles. The first-order chi connectivity index (χ1) is 13.7. The number of quaternary nitrogens is 2. The van der Waals surface area contributed by atoms with Gasteiger partial charge in [0.25, 0.3) is 5.91 Å². The number of rotatable bonds is 7. The van der Waals surface area contributed by atoms with Crippen molar-refractivity contribution in [2.75, 3.05) is 44.2 Å². The Morgan fingerprint density at radius 2 is 1.75 bits per heavy atom. The van der Waals surface area contributed by atoms with Gasteiger partial charge in [0, 0.05) is 17.8 Å². The molecule has 2 aromatic rings. The molecule has 0 spiro atoms. The lowest BCUT2D eigenvalue weighted by Gasteiger charge is -2.31. The first-order valence-electron chi connectivity index (χ1n) is 10.1. The van der Waals surface area contributed by atoms with Crippen molar-refractivity contribution < 1.29 is 14.6 Å². The fraction of sp³-hybridized carbons (Fsp3) is 0.391. The molecule has 0 saturated carbocycles. The largest absolute Gasteiger partial charge is 0.322 e. The van der Waals surface area contributed by atoms with Crippen LogP contribution in [0.3, 0.4) is 0 Å². The molecule has 0 bridgehead atoms. The van der Waals surface area contributed by atoms with Crippen molar-refractivity contribution in [1.29, 1.82) is 5.26 Å². The first kappa shape index (κ1) is 20.1. The maximum atomic E-state index is 12.9. The van der Waals surface area contributed by atoms with Gasteiger partial charge in [0.2, 0.25) is 0 Å². The summed E-state index contributed by atoms with van der Waals surface area (Å²) in [6.45, 7) is 8.33. The van der Waals surface area contributed by atoms with Crippen molar-refractivity contribution in [1.82, 2.24) is 0 Å². The predicted octanol–water partition coefficient (Wildman–Crippen LogP) is 0.225. The molecule has 0 radical (unpaired) electrons. The number of hydrogen-bond acceptors (Lipinski definition) is 2. The third-order valence-corrected chi connectivity index (χ3v) is 5.42. The van der Waals surface area contributed by atoms with Gasteiger partial charge in [0.05, 0.1) is 12.5 Å². The number of nitriles is 1. The highest BCUT2D eigenvalue weighted by Gasteiger charge is 2.27. The molecule has 3 rings (SSSR count). The first-order valence-corrected chi connectivity index (χ1v) is 10.1. The van der Waals surface area contributed by atoms with Gasteiger partial charge in [-0.25, -0.2) is 0 Å². The lowest BCUT2D eigenvalue weighted by molar-refractivity contribution is -1.02. The minimum Gasteiger partial charge on any atom is -0.322 e. The molecule has 1 fully saturated rings. The Balaban J connectivity index is 1.52. The number of anilines is 1. The fourth-order valence-electron chi connectivity index (χ4n) is 3.90. The van der Waals surface area contributed by atoms with E-state index in [0.717, 1.165) is 38.4 Å². The van der Waals surface area contributed by atoms with Crippen LogP contribution in [0, 0.1) is 18.3 Å². The normalized spacial score (nSPS) is 19.0. The number of amides is 1. The van der Waals surface area contributed by atoms with Gasteiger partial charge in [-0.3, -0.25) is 4.79 Å². The molecule has 1 aliphatic rings. The van der Waals surface area contributed by atoms with Crippen LogP contribution >= 0.6 is 0 Å². The van der Waals surface area contributed by atoms with Crippen LogP contribution in [0.15, 0.2) is 54.6 Å². The molecule has 2 aromatic carbocycles. The topological polar surface area (TPSA) is 53.0 Å². The second-order valence-electron chi connectivity index (χ2n) is 7.63. The molecular formula is C23H30N4O+2. The number of nitrogens with one attached hydrogen (secondary N) is 2. The summed E-state index contributed by atoms with van der Waals surface area (Å²) in [7, 11) is 0. The second-order valence-corrected chi connectivity index (χ2v) is 7.63. The highest BCUT2D eigenvalue weighted by atomic mass is 16.2. The zero-order chi connectivity index (χ0) is 19.8. The van der Waals surface area contributed by atoms with E-state index in [-0.39, 0.29) is 5.91 Å². The Morgan fingerprint density at radius 1 is 1.04 bits per heavy atom. The molecule has 1 aliphatic heterocycles. The van der Waals surface area contributed by atoms with E-state index in [9.17, 15) is 4.79 Å². The lowest BCUT2D eigenvalue weighted by atomic mass is 10.1. The maximum absolute atomic E-state index is 12.9. The smallest absolute Gasteiger partial charge is 0.282 e. The molecule has 0 aliphatic carbocycles. The number of aryl methyl sites for hydroxylation is 1. The number of benzene rings is 2. The van der Waals surface area contributed by atoms with Crippen molar-refractivity contribution in [3.63, 3.8) is 0 Å². The van der Waals surface area contributed by atoms with Crippen LogP contribution < -0.4 is 14.7 Å². The molecule has 0 atom stereocenters. The van der Waals surface area contributed by atoms with Gasteiger partial charge >= 0.3 is 0 Å². The third-order valence-electron chi connectivity index (χ3n) is 5.42. The van der Waals surface area contributed by atoms with Gasteiger partial charge in [-0.2, -0.15) is 5.26 Å². The van der Waals surface area contributed by atoms with Crippen molar-refractivity contribution >= 4 is 11.6 Å². The third kappa shape index (κ3) is 5.66. The molecule has 146 valence electrons. The number of para-hydroxylation sites is 1. The summed E-state index contributed by atoms with van der Waals surface area (Å²) in [4.78, 5) is 17.6. The molecule has 1 amide bonds. The standard InChI is InChI=1S/C23H28N4O/c1-20-7-5-8-21(17-20)18-25-13-15-26(16-14-25)19-23(28)27(12-6-11-24)22-9-3-2-4-10-22/h2-5,7-10,17H,6,12-16,18-19H2,1H3/p+2. The average molecular weight is 379 g/mol. The predicted molar refractivity (Wildman–Crippen MR) is 110 cm³/mol. The summed E-state index contributed by atoms with van der Waals surface area (Å²) < 4.78 is 0. The highest BCUT2D eigenvalue weighted by Crippen LogP contribution is 2.13. The Morgan fingerprint density at radius 3 is 2.43 bits per heavy atom. The summed E-state index contributed by atoms with van der Waals surface area (Å²) >= 11 is 0. The number of hydrogen-bond donors (Lipinski definition) is 2. The highest BCUT2D eigenvalue weighted by molar-refractivity contribution is 5.94. The molecule has 2 N–H and O–H groups in total. The van der Waals surface area contributed by atoms with Crippen LogP contribution in [-0.2, 0) is 11.3 Å². The van der Waals surface area contributed by atoms with Gasteiger partial charge in [-0.05, 0) is 19.1 Å². The van der Waals surface area contributed by atoms with Crippen LogP contribution in [0.1, 0.15) is 17.5 Å². The summed E-state index contributed by atoms with van der Waals surface area (Å²) in [6.07, 6.45) is 0.352. The summed E-state index contributed by atoms with van der Waals surface area (Å²) in [5.74, 6) is 0.110. The SMILES string of the molecule is Cc1cccc(C[NH+]2CC[NH+](CC(=O)N(CCC#N)c3ccccc3)CC2)c1. The zero-order valence-corrected chi connectivity index (χ0v) is 16.7. The van der Waals surface area contributed by atoms with E-state index in [1.54, 1.807) is 9.80 Å². The van der Waals surface area contributed by atoms with Crippen molar-refractivity contribution in [3.05, 3.63) is 65.7 Å². The van der Waals surface area contributed by atoms with E-state index in [4.69, 9.17) is 5.26 Å². The van der Waals surface area contributed by atoms with E-state index >= 15 is 0 Å².